The molecule has 0 spiro atoms. The van der Waals surface area contributed by atoms with Crippen LogP contribution in [0, 0.1) is 5.92 Å². The van der Waals surface area contributed by atoms with Gasteiger partial charge in [0.2, 0.25) is 0 Å². The molecule has 1 aliphatic heterocycles. The molecule has 2 heterocycles. The Morgan fingerprint density at radius 3 is 3.00 bits per heavy atom. The molecule has 0 aromatic carbocycles. The maximum absolute atomic E-state index is 5.58. The van der Waals surface area contributed by atoms with Gasteiger partial charge in [-0.15, -0.1) is 0 Å². The van der Waals surface area contributed by atoms with Crippen LogP contribution in [0.4, 0.5) is 0 Å². The third-order valence-electron chi connectivity index (χ3n) is 2.57. The lowest BCUT2D eigenvalue weighted by Gasteiger charge is -2.06. The number of hydrogen-bond acceptors (Lipinski definition) is 3. The van der Waals surface area contributed by atoms with Gasteiger partial charge in [0, 0.05) is 11.9 Å². The summed E-state index contributed by atoms with van der Waals surface area (Å²) in [4.78, 5) is 8.85. The van der Waals surface area contributed by atoms with Crippen LogP contribution in [-0.2, 0) is 11.2 Å². The van der Waals surface area contributed by atoms with E-state index in [2.05, 4.69) is 23.8 Å². The quantitative estimate of drug-likeness (QED) is 0.778. The Morgan fingerprint density at radius 2 is 2.31 bits per heavy atom. The summed E-state index contributed by atoms with van der Waals surface area (Å²) < 4.78 is 5.58. The van der Waals surface area contributed by atoms with Gasteiger partial charge in [0.05, 0.1) is 12.5 Å². The molecular formula is C13H18N2O. The fraction of sp³-hybridized carbons (Fsp3) is 0.538. The molecule has 1 atom stereocenters. The Kier molecular flexibility index (Phi) is 3.54. The predicted octanol–water partition coefficient (Wildman–Crippen LogP) is 2.47. The Balaban J connectivity index is 1.92. The standard InChI is InChI=1S/C13H18N2O/c1-10(2)7-12-9-16-13(15-12)8-11-5-3-4-6-14-11/h3-6,10,12H,7-9H2,1-2H3/t12-/m0/s1. The molecule has 0 N–H and O–H groups in total. The molecule has 1 aliphatic rings. The molecule has 0 unspecified atom stereocenters. The maximum atomic E-state index is 5.58. The van der Waals surface area contributed by atoms with Crippen molar-refractivity contribution in [2.24, 2.45) is 10.9 Å². The van der Waals surface area contributed by atoms with E-state index in [9.17, 15) is 0 Å². The lowest BCUT2D eigenvalue weighted by Crippen LogP contribution is -2.09. The van der Waals surface area contributed by atoms with Gasteiger partial charge in [-0.3, -0.25) is 4.98 Å². The number of hydrogen-bond donors (Lipinski definition) is 0. The highest BCUT2D eigenvalue weighted by atomic mass is 16.5. The largest absolute Gasteiger partial charge is 0.478 e. The molecule has 3 heteroatoms. The van der Waals surface area contributed by atoms with Crippen molar-refractivity contribution in [2.45, 2.75) is 32.7 Å². The predicted molar refractivity (Wildman–Crippen MR) is 64.6 cm³/mol. The van der Waals surface area contributed by atoms with Gasteiger partial charge >= 0.3 is 0 Å². The summed E-state index contributed by atoms with van der Waals surface area (Å²) in [5, 5.41) is 0. The van der Waals surface area contributed by atoms with Crippen LogP contribution in [0.1, 0.15) is 26.0 Å². The highest BCUT2D eigenvalue weighted by molar-refractivity contribution is 5.79. The van der Waals surface area contributed by atoms with Gasteiger partial charge in [-0.1, -0.05) is 19.9 Å². The molecule has 0 saturated heterocycles. The van der Waals surface area contributed by atoms with Gasteiger partial charge in [0.25, 0.3) is 0 Å². The molecule has 1 aromatic rings. The van der Waals surface area contributed by atoms with E-state index in [0.29, 0.717) is 12.0 Å². The van der Waals surface area contributed by atoms with Crippen LogP contribution in [0.25, 0.3) is 0 Å². The second-order valence-corrected chi connectivity index (χ2v) is 4.62. The molecule has 16 heavy (non-hydrogen) atoms. The fourth-order valence-corrected chi connectivity index (χ4v) is 1.89. The topological polar surface area (TPSA) is 34.5 Å². The number of aliphatic imine (C=N–C) groups is 1. The zero-order valence-corrected chi connectivity index (χ0v) is 9.89. The average molecular weight is 218 g/mol. The van der Waals surface area contributed by atoms with E-state index in [1.165, 1.54) is 0 Å². The van der Waals surface area contributed by atoms with Crippen molar-refractivity contribution in [3.05, 3.63) is 30.1 Å². The van der Waals surface area contributed by atoms with Crippen molar-refractivity contribution >= 4 is 5.90 Å². The van der Waals surface area contributed by atoms with E-state index in [1.54, 1.807) is 6.20 Å². The monoisotopic (exact) mass is 218 g/mol. The zero-order chi connectivity index (χ0) is 11.4. The molecule has 0 amide bonds. The summed E-state index contributed by atoms with van der Waals surface area (Å²) in [5.41, 5.74) is 1.02. The maximum Gasteiger partial charge on any atom is 0.189 e. The third-order valence-corrected chi connectivity index (χ3v) is 2.57. The fourth-order valence-electron chi connectivity index (χ4n) is 1.89. The van der Waals surface area contributed by atoms with E-state index in [-0.39, 0.29) is 0 Å². The van der Waals surface area contributed by atoms with Crippen molar-refractivity contribution in [3.8, 4) is 0 Å². The highest BCUT2D eigenvalue weighted by Gasteiger charge is 2.19. The Morgan fingerprint density at radius 1 is 1.44 bits per heavy atom. The number of aromatic nitrogens is 1. The molecule has 3 nitrogen and oxygen atoms in total. The van der Waals surface area contributed by atoms with Crippen molar-refractivity contribution in [1.82, 2.24) is 4.98 Å². The van der Waals surface area contributed by atoms with Crippen LogP contribution in [0.3, 0.4) is 0 Å². The van der Waals surface area contributed by atoms with E-state index in [4.69, 9.17) is 4.74 Å². The Hall–Kier alpha value is -1.38. The molecular weight excluding hydrogens is 200 g/mol. The van der Waals surface area contributed by atoms with Gasteiger partial charge in [0.1, 0.15) is 6.61 Å². The minimum absolute atomic E-state index is 0.346. The Labute approximate surface area is 96.6 Å². The first-order valence-corrected chi connectivity index (χ1v) is 5.83. The van der Waals surface area contributed by atoms with Crippen molar-refractivity contribution in [3.63, 3.8) is 0 Å². The van der Waals surface area contributed by atoms with Gasteiger partial charge in [-0.25, -0.2) is 4.99 Å². The molecule has 2 rings (SSSR count). The lowest BCUT2D eigenvalue weighted by atomic mass is 10.1. The van der Waals surface area contributed by atoms with E-state index in [1.807, 2.05) is 18.2 Å². The third kappa shape index (κ3) is 3.05. The average Bonchev–Trinajstić information content (AvgIpc) is 2.66. The van der Waals surface area contributed by atoms with Crippen LogP contribution >= 0.6 is 0 Å². The van der Waals surface area contributed by atoms with E-state index >= 15 is 0 Å². The number of rotatable bonds is 4. The minimum Gasteiger partial charge on any atom is -0.478 e. The van der Waals surface area contributed by atoms with Gasteiger partial charge in [-0.2, -0.15) is 0 Å². The zero-order valence-electron chi connectivity index (χ0n) is 9.89. The van der Waals surface area contributed by atoms with Crippen molar-refractivity contribution in [1.29, 1.82) is 0 Å². The Bertz CT molecular complexity index is 359. The SMILES string of the molecule is CC(C)C[C@H]1COC(Cc2ccccn2)=N1. The van der Waals surface area contributed by atoms with Crippen LogP contribution in [0.15, 0.2) is 29.4 Å². The van der Waals surface area contributed by atoms with E-state index in [0.717, 1.165) is 31.0 Å². The second-order valence-electron chi connectivity index (χ2n) is 4.62. The first-order valence-electron chi connectivity index (χ1n) is 5.83. The van der Waals surface area contributed by atoms with Crippen molar-refractivity contribution in [2.75, 3.05) is 6.61 Å². The van der Waals surface area contributed by atoms with Crippen molar-refractivity contribution < 1.29 is 4.74 Å². The lowest BCUT2D eigenvalue weighted by molar-refractivity contribution is 0.296. The summed E-state index contributed by atoms with van der Waals surface area (Å²) >= 11 is 0. The second kappa shape index (κ2) is 5.10. The van der Waals surface area contributed by atoms with Gasteiger partial charge < -0.3 is 4.74 Å². The van der Waals surface area contributed by atoms with Crippen LogP contribution in [0.2, 0.25) is 0 Å². The normalized spacial score (nSPS) is 19.7. The summed E-state index contributed by atoms with van der Waals surface area (Å²) in [6.45, 7) is 5.17. The molecule has 0 radical (unpaired) electrons. The molecule has 0 aliphatic carbocycles. The molecule has 86 valence electrons. The molecule has 1 aromatic heterocycles. The molecule has 0 fully saturated rings. The molecule has 0 bridgehead atoms. The first kappa shape index (κ1) is 11.1. The van der Waals surface area contributed by atoms with Gasteiger partial charge in [-0.05, 0) is 24.5 Å². The highest BCUT2D eigenvalue weighted by Crippen LogP contribution is 2.15. The smallest absolute Gasteiger partial charge is 0.189 e. The first-order chi connectivity index (χ1) is 7.74. The number of ether oxygens (including phenoxy) is 1. The summed E-state index contributed by atoms with van der Waals surface area (Å²) in [5.74, 6) is 1.51. The van der Waals surface area contributed by atoms with Crippen LogP contribution < -0.4 is 0 Å². The van der Waals surface area contributed by atoms with Gasteiger partial charge in [0.15, 0.2) is 5.90 Å². The minimum atomic E-state index is 0.346. The van der Waals surface area contributed by atoms with Crippen LogP contribution in [0.5, 0.6) is 0 Å². The number of pyridine rings is 1. The van der Waals surface area contributed by atoms with Crippen LogP contribution in [-0.4, -0.2) is 23.5 Å². The van der Waals surface area contributed by atoms with E-state index < -0.39 is 0 Å². The summed E-state index contributed by atoms with van der Waals surface area (Å²) in [7, 11) is 0. The number of nitrogens with zero attached hydrogens (tertiary/aromatic N) is 2. The summed E-state index contributed by atoms with van der Waals surface area (Å²) in [6.07, 6.45) is 3.62. The molecule has 0 saturated carbocycles. The summed E-state index contributed by atoms with van der Waals surface area (Å²) in [6, 6.07) is 6.26.